The molecule has 2 aromatic carbocycles. The molecule has 180 valence electrons. The largest absolute Gasteiger partial charge is 0.325 e. The van der Waals surface area contributed by atoms with Crippen molar-refractivity contribution in [1.29, 1.82) is 0 Å². The second kappa shape index (κ2) is 10.9. The normalized spacial score (nSPS) is 16.9. The van der Waals surface area contributed by atoms with Gasteiger partial charge in [-0.05, 0) is 56.2 Å². The summed E-state index contributed by atoms with van der Waals surface area (Å²) in [6.07, 6.45) is 1.58. The molecule has 4 rings (SSSR count). The van der Waals surface area contributed by atoms with Gasteiger partial charge in [-0.1, -0.05) is 41.6 Å². The van der Waals surface area contributed by atoms with Crippen molar-refractivity contribution < 1.29 is 13.2 Å². The van der Waals surface area contributed by atoms with Crippen molar-refractivity contribution in [3.05, 3.63) is 65.4 Å². The highest BCUT2D eigenvalue weighted by molar-refractivity contribution is 7.99. The highest BCUT2D eigenvalue weighted by Gasteiger charge is 2.33. The number of anilines is 1. The Kier molecular flexibility index (Phi) is 7.92. The molecule has 11 heteroatoms. The van der Waals surface area contributed by atoms with Gasteiger partial charge in [0.05, 0.1) is 10.6 Å². The van der Waals surface area contributed by atoms with Crippen molar-refractivity contribution in [3.63, 3.8) is 0 Å². The van der Waals surface area contributed by atoms with Crippen molar-refractivity contribution in [3.8, 4) is 0 Å². The lowest BCUT2D eigenvalue weighted by molar-refractivity contribution is -0.113. The Morgan fingerprint density at radius 2 is 1.88 bits per heavy atom. The van der Waals surface area contributed by atoms with Crippen molar-refractivity contribution in [2.75, 3.05) is 24.2 Å². The van der Waals surface area contributed by atoms with Gasteiger partial charge >= 0.3 is 0 Å². The summed E-state index contributed by atoms with van der Waals surface area (Å²) in [6.45, 7) is 3.47. The number of thioether (sulfide) groups is 1. The van der Waals surface area contributed by atoms with Gasteiger partial charge in [-0.25, -0.2) is 8.42 Å². The van der Waals surface area contributed by atoms with E-state index in [1.165, 1.54) is 16.1 Å². The summed E-state index contributed by atoms with van der Waals surface area (Å²) in [5.41, 5.74) is 0.676. The van der Waals surface area contributed by atoms with Gasteiger partial charge in [0.1, 0.15) is 5.82 Å². The topological polar surface area (TPSA) is 97.2 Å². The average molecular weight is 520 g/mol. The van der Waals surface area contributed by atoms with E-state index in [0.717, 1.165) is 18.7 Å². The zero-order valence-corrected chi connectivity index (χ0v) is 21.1. The smallest absolute Gasteiger partial charge is 0.243 e. The molecular formula is C23H26ClN5O3S2. The minimum atomic E-state index is -3.56. The average Bonchev–Trinajstić information content (AvgIpc) is 3.28. The lowest BCUT2D eigenvalue weighted by atomic mass is 9.99. The number of piperidine rings is 1. The van der Waals surface area contributed by atoms with Crippen molar-refractivity contribution in [1.82, 2.24) is 19.1 Å². The molecule has 1 aliphatic heterocycles. The van der Waals surface area contributed by atoms with Gasteiger partial charge in [0, 0.05) is 36.3 Å². The highest BCUT2D eigenvalue weighted by atomic mass is 35.5. The van der Waals surface area contributed by atoms with Crippen LogP contribution in [0.2, 0.25) is 5.02 Å². The molecule has 0 spiro atoms. The molecule has 1 fully saturated rings. The zero-order chi connectivity index (χ0) is 24.1. The van der Waals surface area contributed by atoms with Crippen LogP contribution in [0.3, 0.4) is 0 Å². The van der Waals surface area contributed by atoms with E-state index < -0.39 is 10.0 Å². The molecule has 3 aromatic rings. The predicted octanol–water partition coefficient (Wildman–Crippen LogP) is 4.25. The Morgan fingerprint density at radius 3 is 2.59 bits per heavy atom. The number of sulfonamides is 1. The number of amides is 1. The monoisotopic (exact) mass is 519 g/mol. The summed E-state index contributed by atoms with van der Waals surface area (Å²) in [6, 6.07) is 15.4. The van der Waals surface area contributed by atoms with E-state index in [4.69, 9.17) is 11.6 Å². The van der Waals surface area contributed by atoms with Gasteiger partial charge in [-0.2, -0.15) is 4.31 Å². The maximum absolute atomic E-state index is 13.1. The van der Waals surface area contributed by atoms with Crippen LogP contribution in [-0.2, 0) is 21.4 Å². The quantitative estimate of drug-likeness (QED) is 0.447. The molecule has 8 nitrogen and oxygen atoms in total. The van der Waals surface area contributed by atoms with E-state index in [9.17, 15) is 13.2 Å². The third kappa shape index (κ3) is 5.63. The lowest BCUT2D eigenvalue weighted by Gasteiger charge is -2.31. The minimum absolute atomic E-state index is 0.0584. The molecule has 1 aliphatic rings. The summed E-state index contributed by atoms with van der Waals surface area (Å²) < 4.78 is 29.7. The zero-order valence-electron chi connectivity index (χ0n) is 18.7. The number of carbonyl (C=O) groups is 1. The summed E-state index contributed by atoms with van der Waals surface area (Å²) in [7, 11) is -3.56. The molecule has 1 saturated heterocycles. The Bertz CT molecular complexity index is 1230. The number of rotatable bonds is 8. The van der Waals surface area contributed by atoms with Crippen molar-refractivity contribution >= 4 is 45.0 Å². The molecule has 2 heterocycles. The molecule has 1 amide bonds. The number of halogens is 1. The molecule has 1 N–H and O–H groups in total. The number of benzene rings is 2. The van der Waals surface area contributed by atoms with Crippen LogP contribution in [0, 0.1) is 0 Å². The van der Waals surface area contributed by atoms with Crippen LogP contribution in [0.15, 0.2) is 64.6 Å². The van der Waals surface area contributed by atoms with E-state index in [2.05, 4.69) is 15.5 Å². The van der Waals surface area contributed by atoms with Gasteiger partial charge in [0.2, 0.25) is 15.9 Å². The first-order valence-electron chi connectivity index (χ1n) is 11.0. The van der Waals surface area contributed by atoms with Crippen LogP contribution < -0.4 is 5.32 Å². The lowest BCUT2D eigenvalue weighted by Crippen LogP contribution is -2.39. The van der Waals surface area contributed by atoms with Gasteiger partial charge in [0.15, 0.2) is 5.16 Å². The Labute approximate surface area is 208 Å². The number of aromatic nitrogens is 3. The summed E-state index contributed by atoms with van der Waals surface area (Å²) in [4.78, 5) is 12.7. The van der Waals surface area contributed by atoms with Gasteiger partial charge in [-0.3, -0.25) is 4.79 Å². The molecule has 0 bridgehead atoms. The number of nitrogens with one attached hydrogen (secondary N) is 1. The van der Waals surface area contributed by atoms with Crippen molar-refractivity contribution in [2.24, 2.45) is 0 Å². The maximum Gasteiger partial charge on any atom is 0.243 e. The fourth-order valence-corrected chi connectivity index (χ4v) is 6.46. The first-order chi connectivity index (χ1) is 16.4. The predicted molar refractivity (Wildman–Crippen MR) is 134 cm³/mol. The molecule has 1 aromatic heterocycles. The standard InChI is InChI=1S/C23H26ClN5O3S2/c1-2-29-22(17-7-6-14-28(15-17)34(31,32)20-8-4-3-5-9-20)26-27-23(29)33-16-21(30)25-19-12-10-18(24)11-13-19/h3-5,8-13,17H,2,6-7,14-16H2,1H3,(H,25,30). The SMILES string of the molecule is CCn1c(SCC(=O)Nc2ccc(Cl)cc2)nnc1C1CCCN(S(=O)(=O)c2ccccc2)C1. The summed E-state index contributed by atoms with van der Waals surface area (Å²) in [5, 5.41) is 12.8. The van der Waals surface area contributed by atoms with Gasteiger partial charge < -0.3 is 9.88 Å². The number of nitrogens with zero attached hydrogens (tertiary/aromatic N) is 4. The number of carbonyl (C=O) groups excluding carboxylic acids is 1. The van der Waals surface area contributed by atoms with Gasteiger partial charge in [0.25, 0.3) is 0 Å². The molecule has 1 unspecified atom stereocenters. The minimum Gasteiger partial charge on any atom is -0.325 e. The Hall–Kier alpha value is -2.40. The Balaban J connectivity index is 1.43. The third-order valence-electron chi connectivity index (χ3n) is 5.65. The summed E-state index contributed by atoms with van der Waals surface area (Å²) in [5.74, 6) is 0.727. The third-order valence-corrected chi connectivity index (χ3v) is 8.75. The van der Waals surface area contributed by atoms with Crippen LogP contribution in [0.25, 0.3) is 0 Å². The molecular weight excluding hydrogens is 494 g/mol. The first kappa shape index (κ1) is 24.7. The second-order valence-electron chi connectivity index (χ2n) is 7.94. The van der Waals surface area contributed by atoms with E-state index in [1.807, 2.05) is 11.5 Å². The fraction of sp³-hybridized carbons (Fsp3) is 0.348. The van der Waals surface area contributed by atoms with Crippen LogP contribution >= 0.6 is 23.4 Å². The van der Waals surface area contributed by atoms with Crippen LogP contribution in [0.4, 0.5) is 5.69 Å². The van der Waals surface area contributed by atoms with Crippen LogP contribution in [-0.4, -0.2) is 52.2 Å². The highest BCUT2D eigenvalue weighted by Crippen LogP contribution is 2.31. The summed E-state index contributed by atoms with van der Waals surface area (Å²) >= 11 is 7.19. The second-order valence-corrected chi connectivity index (χ2v) is 11.3. The first-order valence-corrected chi connectivity index (χ1v) is 13.9. The van der Waals surface area contributed by atoms with E-state index in [0.29, 0.717) is 40.4 Å². The van der Waals surface area contributed by atoms with Gasteiger partial charge in [-0.15, -0.1) is 10.2 Å². The van der Waals surface area contributed by atoms with E-state index >= 15 is 0 Å². The van der Waals surface area contributed by atoms with E-state index in [1.54, 1.807) is 54.6 Å². The number of hydrogen-bond donors (Lipinski definition) is 1. The molecule has 0 saturated carbocycles. The molecule has 0 radical (unpaired) electrons. The van der Waals surface area contributed by atoms with Crippen LogP contribution in [0.1, 0.15) is 31.5 Å². The van der Waals surface area contributed by atoms with Crippen molar-refractivity contribution in [2.45, 2.75) is 42.3 Å². The fourth-order valence-electron chi connectivity index (χ4n) is 3.98. The Morgan fingerprint density at radius 1 is 1.15 bits per heavy atom. The van der Waals surface area contributed by atoms with Crippen LogP contribution in [0.5, 0.6) is 0 Å². The maximum atomic E-state index is 13.1. The molecule has 34 heavy (non-hydrogen) atoms. The number of hydrogen-bond acceptors (Lipinski definition) is 6. The van der Waals surface area contributed by atoms with E-state index in [-0.39, 0.29) is 17.6 Å². The molecule has 0 aliphatic carbocycles. The molecule has 1 atom stereocenters.